The summed E-state index contributed by atoms with van der Waals surface area (Å²) >= 11 is 0. The van der Waals surface area contributed by atoms with E-state index in [0.29, 0.717) is 24.6 Å². The smallest absolute Gasteiger partial charge is 0.231 e. The van der Waals surface area contributed by atoms with Crippen LogP contribution in [0.4, 0.5) is 11.4 Å². The molecule has 0 saturated heterocycles. The average molecular weight is 233 g/mol. The fourth-order valence-corrected chi connectivity index (χ4v) is 2.40. The summed E-state index contributed by atoms with van der Waals surface area (Å²) in [6, 6.07) is 5.69. The summed E-state index contributed by atoms with van der Waals surface area (Å²) in [7, 11) is 0. The van der Waals surface area contributed by atoms with E-state index in [0.717, 1.165) is 11.3 Å². The van der Waals surface area contributed by atoms with Gasteiger partial charge in [-0.2, -0.15) is 0 Å². The topological polar surface area (TPSA) is 72.3 Å². The molecule has 4 nitrogen and oxygen atoms in total. The molecule has 0 radical (unpaired) electrons. The Morgan fingerprint density at radius 3 is 2.71 bits per heavy atom. The molecule has 0 fully saturated rings. The number of rotatable bonds is 3. The van der Waals surface area contributed by atoms with Gasteiger partial charge in [-0.15, -0.1) is 0 Å². The van der Waals surface area contributed by atoms with Gasteiger partial charge in [0.15, 0.2) is 0 Å². The van der Waals surface area contributed by atoms with Crippen molar-refractivity contribution in [3.8, 4) is 0 Å². The highest BCUT2D eigenvalue weighted by molar-refractivity contribution is 6.02. The van der Waals surface area contributed by atoms with Crippen LogP contribution < -0.4 is 16.4 Å². The first-order valence-corrected chi connectivity index (χ1v) is 5.95. The van der Waals surface area contributed by atoms with Gasteiger partial charge in [0.25, 0.3) is 0 Å². The summed E-state index contributed by atoms with van der Waals surface area (Å²) in [5.74, 6) is 0.460. The number of nitrogen functional groups attached to an aromatic ring is 1. The number of nitrogens with two attached hydrogens (primary N) is 2. The number of amides is 1. The molecule has 1 atom stereocenters. The van der Waals surface area contributed by atoms with Crippen molar-refractivity contribution in [3.63, 3.8) is 0 Å². The lowest BCUT2D eigenvalue weighted by Crippen LogP contribution is -2.46. The normalized spacial score (nSPS) is 16.5. The van der Waals surface area contributed by atoms with E-state index in [-0.39, 0.29) is 11.9 Å². The SMILES string of the molecule is CC(C)C(CN)N1C(=O)Cc2cc(N)ccc21. The van der Waals surface area contributed by atoms with Crippen LogP contribution in [0.5, 0.6) is 0 Å². The summed E-state index contributed by atoms with van der Waals surface area (Å²) in [5, 5.41) is 0. The van der Waals surface area contributed by atoms with Crippen LogP contribution in [-0.4, -0.2) is 18.5 Å². The Hall–Kier alpha value is -1.55. The van der Waals surface area contributed by atoms with Crippen LogP contribution in [0.2, 0.25) is 0 Å². The summed E-state index contributed by atoms with van der Waals surface area (Å²) in [5.41, 5.74) is 14.2. The number of fused-ring (bicyclic) bond motifs is 1. The number of benzene rings is 1. The first kappa shape index (κ1) is 11.9. The highest BCUT2D eigenvalue weighted by Crippen LogP contribution is 2.33. The van der Waals surface area contributed by atoms with E-state index in [4.69, 9.17) is 11.5 Å². The molecule has 0 aromatic heterocycles. The zero-order valence-corrected chi connectivity index (χ0v) is 10.3. The molecule has 1 amide bonds. The summed E-state index contributed by atoms with van der Waals surface area (Å²) in [4.78, 5) is 13.9. The minimum Gasteiger partial charge on any atom is -0.399 e. The Balaban J connectivity index is 2.40. The lowest BCUT2D eigenvalue weighted by molar-refractivity contribution is -0.118. The summed E-state index contributed by atoms with van der Waals surface area (Å²) in [6.07, 6.45) is 0.434. The van der Waals surface area contributed by atoms with Gasteiger partial charge in [-0.3, -0.25) is 4.79 Å². The van der Waals surface area contributed by atoms with E-state index < -0.39 is 0 Å². The first-order valence-electron chi connectivity index (χ1n) is 5.95. The number of hydrogen-bond donors (Lipinski definition) is 2. The Morgan fingerprint density at radius 2 is 2.12 bits per heavy atom. The molecule has 4 heteroatoms. The standard InChI is InChI=1S/C13H19N3O/c1-8(2)12(7-14)16-11-4-3-10(15)5-9(11)6-13(16)17/h3-5,8,12H,6-7,14-15H2,1-2H3. The lowest BCUT2D eigenvalue weighted by atomic mass is 10.0. The van der Waals surface area contributed by atoms with Gasteiger partial charge >= 0.3 is 0 Å². The molecule has 1 aliphatic heterocycles. The summed E-state index contributed by atoms with van der Waals surface area (Å²) in [6.45, 7) is 4.65. The van der Waals surface area contributed by atoms with Gasteiger partial charge < -0.3 is 16.4 Å². The Labute approximate surface area is 102 Å². The maximum absolute atomic E-state index is 12.1. The van der Waals surface area contributed by atoms with Crippen LogP contribution in [0.25, 0.3) is 0 Å². The molecule has 1 aliphatic rings. The molecule has 4 N–H and O–H groups in total. The fourth-order valence-electron chi connectivity index (χ4n) is 2.40. The highest BCUT2D eigenvalue weighted by atomic mass is 16.2. The van der Waals surface area contributed by atoms with Gasteiger partial charge in [0.05, 0.1) is 12.5 Å². The third kappa shape index (κ3) is 2.00. The number of carbonyl (C=O) groups excluding carboxylic acids is 1. The molecular weight excluding hydrogens is 214 g/mol. The molecule has 1 aromatic rings. The molecule has 1 aromatic carbocycles. The average Bonchev–Trinajstić information content (AvgIpc) is 2.55. The number of hydrogen-bond acceptors (Lipinski definition) is 3. The van der Waals surface area contributed by atoms with Gasteiger partial charge in [0.1, 0.15) is 0 Å². The quantitative estimate of drug-likeness (QED) is 0.769. The molecule has 1 unspecified atom stereocenters. The van der Waals surface area contributed by atoms with Crippen LogP contribution in [0.3, 0.4) is 0 Å². The van der Waals surface area contributed by atoms with Crippen molar-refractivity contribution in [1.29, 1.82) is 0 Å². The Bertz CT molecular complexity index is 442. The van der Waals surface area contributed by atoms with Crippen molar-refractivity contribution < 1.29 is 4.79 Å². The van der Waals surface area contributed by atoms with Crippen molar-refractivity contribution >= 4 is 17.3 Å². The number of anilines is 2. The molecule has 0 spiro atoms. The molecule has 0 saturated carbocycles. The van der Waals surface area contributed by atoms with Gasteiger partial charge in [-0.1, -0.05) is 13.8 Å². The zero-order valence-electron chi connectivity index (χ0n) is 10.3. The molecule has 2 rings (SSSR count). The van der Waals surface area contributed by atoms with Crippen LogP contribution in [0, 0.1) is 5.92 Å². The summed E-state index contributed by atoms with van der Waals surface area (Å²) < 4.78 is 0. The largest absolute Gasteiger partial charge is 0.399 e. The first-order chi connectivity index (χ1) is 8.04. The van der Waals surface area contributed by atoms with Crippen molar-refractivity contribution in [2.75, 3.05) is 17.2 Å². The van der Waals surface area contributed by atoms with E-state index in [9.17, 15) is 4.79 Å². The third-order valence-corrected chi connectivity index (χ3v) is 3.32. The second-order valence-corrected chi connectivity index (χ2v) is 4.88. The molecule has 0 bridgehead atoms. The van der Waals surface area contributed by atoms with Crippen molar-refractivity contribution in [1.82, 2.24) is 0 Å². The van der Waals surface area contributed by atoms with Crippen LogP contribution >= 0.6 is 0 Å². The van der Waals surface area contributed by atoms with Crippen molar-refractivity contribution in [3.05, 3.63) is 23.8 Å². The maximum Gasteiger partial charge on any atom is 0.231 e. The van der Waals surface area contributed by atoms with E-state index in [1.807, 2.05) is 23.1 Å². The van der Waals surface area contributed by atoms with Crippen LogP contribution in [-0.2, 0) is 11.2 Å². The molecule has 92 valence electrons. The Kier molecular flexibility index (Phi) is 3.07. The van der Waals surface area contributed by atoms with Crippen molar-refractivity contribution in [2.45, 2.75) is 26.3 Å². The van der Waals surface area contributed by atoms with Gasteiger partial charge in [0.2, 0.25) is 5.91 Å². The molecule has 1 heterocycles. The van der Waals surface area contributed by atoms with Gasteiger partial charge in [-0.05, 0) is 29.7 Å². The fraction of sp³-hybridized carbons (Fsp3) is 0.462. The van der Waals surface area contributed by atoms with E-state index in [1.165, 1.54) is 0 Å². The van der Waals surface area contributed by atoms with Gasteiger partial charge in [-0.25, -0.2) is 0 Å². The maximum atomic E-state index is 12.1. The molecular formula is C13H19N3O. The van der Waals surface area contributed by atoms with Crippen molar-refractivity contribution in [2.24, 2.45) is 11.7 Å². The minimum absolute atomic E-state index is 0.0624. The van der Waals surface area contributed by atoms with E-state index in [2.05, 4.69) is 13.8 Å². The second-order valence-electron chi connectivity index (χ2n) is 4.88. The van der Waals surface area contributed by atoms with E-state index in [1.54, 1.807) is 0 Å². The monoisotopic (exact) mass is 233 g/mol. The predicted molar refractivity (Wildman–Crippen MR) is 69.7 cm³/mol. The zero-order chi connectivity index (χ0) is 12.6. The highest BCUT2D eigenvalue weighted by Gasteiger charge is 2.33. The number of carbonyl (C=O) groups is 1. The Morgan fingerprint density at radius 1 is 1.41 bits per heavy atom. The van der Waals surface area contributed by atoms with Crippen LogP contribution in [0.15, 0.2) is 18.2 Å². The number of nitrogens with zero attached hydrogens (tertiary/aromatic N) is 1. The predicted octanol–water partition coefficient (Wildman–Crippen LogP) is 1.14. The van der Waals surface area contributed by atoms with E-state index >= 15 is 0 Å². The minimum atomic E-state index is 0.0624. The second kappa shape index (κ2) is 4.37. The molecule has 17 heavy (non-hydrogen) atoms. The molecule has 0 aliphatic carbocycles. The lowest BCUT2D eigenvalue weighted by Gasteiger charge is -2.30. The van der Waals surface area contributed by atoms with Crippen LogP contribution in [0.1, 0.15) is 19.4 Å². The third-order valence-electron chi connectivity index (χ3n) is 3.32. The van der Waals surface area contributed by atoms with Gasteiger partial charge in [0, 0.05) is 17.9 Å².